The van der Waals surface area contributed by atoms with Gasteiger partial charge in [-0.05, 0) is 48.9 Å². The van der Waals surface area contributed by atoms with Gasteiger partial charge in [0, 0.05) is 4.88 Å². The molecule has 140 valence electrons. The molecule has 1 amide bonds. The Morgan fingerprint density at radius 3 is 3.11 bits per heavy atom. The number of thiophene rings is 1. The van der Waals surface area contributed by atoms with E-state index in [1.165, 1.54) is 29.0 Å². The fraction of sp³-hybridized carbons (Fsp3) is 0.316. The maximum atomic E-state index is 13.6. The van der Waals surface area contributed by atoms with Gasteiger partial charge >= 0.3 is 0 Å². The van der Waals surface area contributed by atoms with Crippen LogP contribution in [0, 0.1) is 11.7 Å². The molecule has 1 aliphatic carbocycles. The highest BCUT2D eigenvalue weighted by atomic mass is 32.2. The molecule has 0 radical (unpaired) electrons. The van der Waals surface area contributed by atoms with E-state index in [1.807, 2.05) is 0 Å². The van der Waals surface area contributed by atoms with Crippen LogP contribution in [-0.4, -0.2) is 21.9 Å². The first kappa shape index (κ1) is 18.2. The number of aromatic nitrogens is 2. The molecule has 0 bridgehead atoms. The standard InChI is InChI=1S/C19H18FN3O2S2/c1-11-6-7-15-12(8-11)9-16(27-15)18-22-23-19(25-18)26-10-17(24)21-14-5-3-2-4-13(14)20/h2-5,9,11H,6-8,10H2,1H3,(H,21,24)/t11-/m0/s1. The van der Waals surface area contributed by atoms with Crippen LogP contribution in [0.4, 0.5) is 10.1 Å². The summed E-state index contributed by atoms with van der Waals surface area (Å²) in [5, 5.41) is 11.0. The number of hydrogen-bond acceptors (Lipinski definition) is 6. The maximum absolute atomic E-state index is 13.6. The molecule has 0 fully saturated rings. The smallest absolute Gasteiger partial charge is 0.277 e. The van der Waals surface area contributed by atoms with Crippen molar-refractivity contribution < 1.29 is 13.6 Å². The molecule has 27 heavy (non-hydrogen) atoms. The molecule has 2 aromatic heterocycles. The summed E-state index contributed by atoms with van der Waals surface area (Å²) in [6.45, 7) is 2.27. The number of thioether (sulfide) groups is 1. The quantitative estimate of drug-likeness (QED) is 0.620. The van der Waals surface area contributed by atoms with Gasteiger partial charge in [0.2, 0.25) is 5.91 Å². The van der Waals surface area contributed by atoms with Gasteiger partial charge in [-0.2, -0.15) is 0 Å². The zero-order valence-corrected chi connectivity index (χ0v) is 16.3. The number of carbonyl (C=O) groups is 1. The Hall–Kier alpha value is -2.19. The normalized spacial score (nSPS) is 16.1. The number of nitrogens with one attached hydrogen (secondary N) is 1. The number of amides is 1. The van der Waals surface area contributed by atoms with E-state index in [4.69, 9.17) is 4.42 Å². The Morgan fingerprint density at radius 2 is 2.26 bits per heavy atom. The van der Waals surface area contributed by atoms with E-state index in [-0.39, 0.29) is 17.3 Å². The molecule has 5 nitrogen and oxygen atoms in total. The molecule has 2 heterocycles. The number of hydrogen-bond donors (Lipinski definition) is 1. The second kappa shape index (κ2) is 7.82. The topological polar surface area (TPSA) is 68.0 Å². The highest BCUT2D eigenvalue weighted by Crippen LogP contribution is 2.37. The Balaban J connectivity index is 1.37. The van der Waals surface area contributed by atoms with Crippen molar-refractivity contribution in [3.63, 3.8) is 0 Å². The monoisotopic (exact) mass is 403 g/mol. The van der Waals surface area contributed by atoms with Gasteiger partial charge < -0.3 is 9.73 Å². The van der Waals surface area contributed by atoms with Crippen LogP contribution in [0.15, 0.2) is 40.0 Å². The number of nitrogens with zero attached hydrogens (tertiary/aromatic N) is 2. The number of benzene rings is 1. The number of fused-ring (bicyclic) bond motifs is 1. The van der Waals surface area contributed by atoms with Crippen molar-refractivity contribution in [2.75, 3.05) is 11.1 Å². The molecule has 8 heteroatoms. The lowest BCUT2D eigenvalue weighted by atomic mass is 9.90. The average Bonchev–Trinajstić information content (AvgIpc) is 3.28. The summed E-state index contributed by atoms with van der Waals surface area (Å²) >= 11 is 2.84. The summed E-state index contributed by atoms with van der Waals surface area (Å²) in [5.74, 6) is 0.465. The van der Waals surface area contributed by atoms with Crippen LogP contribution >= 0.6 is 23.1 Å². The third-order valence-corrected chi connectivity index (χ3v) is 6.46. The molecule has 0 spiro atoms. The average molecular weight is 404 g/mol. The molecule has 0 unspecified atom stereocenters. The largest absolute Gasteiger partial charge is 0.410 e. The summed E-state index contributed by atoms with van der Waals surface area (Å²) in [6.07, 6.45) is 3.42. The second-order valence-electron chi connectivity index (χ2n) is 6.60. The minimum absolute atomic E-state index is 0.0639. The van der Waals surface area contributed by atoms with Gasteiger partial charge in [0.15, 0.2) is 0 Å². The molecule has 0 aliphatic heterocycles. The Bertz CT molecular complexity index is 970. The minimum atomic E-state index is -0.466. The van der Waals surface area contributed by atoms with E-state index in [2.05, 4.69) is 28.5 Å². The Morgan fingerprint density at radius 1 is 1.41 bits per heavy atom. The lowest BCUT2D eigenvalue weighted by molar-refractivity contribution is -0.113. The van der Waals surface area contributed by atoms with E-state index < -0.39 is 5.82 Å². The van der Waals surface area contributed by atoms with Crippen LogP contribution in [0.5, 0.6) is 0 Å². The van der Waals surface area contributed by atoms with Gasteiger partial charge in [-0.3, -0.25) is 4.79 Å². The van der Waals surface area contributed by atoms with Crippen molar-refractivity contribution in [1.29, 1.82) is 0 Å². The molecule has 1 aliphatic rings. The minimum Gasteiger partial charge on any atom is -0.410 e. The summed E-state index contributed by atoms with van der Waals surface area (Å²) in [7, 11) is 0. The molecule has 0 saturated heterocycles. The van der Waals surface area contributed by atoms with Gasteiger partial charge in [0.25, 0.3) is 11.1 Å². The van der Waals surface area contributed by atoms with Crippen LogP contribution in [0.2, 0.25) is 0 Å². The van der Waals surface area contributed by atoms with Crippen molar-refractivity contribution in [2.45, 2.75) is 31.4 Å². The summed E-state index contributed by atoms with van der Waals surface area (Å²) in [5.41, 5.74) is 1.54. The first-order valence-corrected chi connectivity index (χ1v) is 10.5. The third kappa shape index (κ3) is 4.22. The molecular formula is C19H18FN3O2S2. The Kier molecular flexibility index (Phi) is 5.27. The number of carbonyl (C=O) groups excluding carboxylic acids is 1. The van der Waals surface area contributed by atoms with E-state index in [1.54, 1.807) is 23.5 Å². The van der Waals surface area contributed by atoms with Crippen LogP contribution in [0.1, 0.15) is 23.8 Å². The zero-order chi connectivity index (χ0) is 18.8. The van der Waals surface area contributed by atoms with E-state index in [0.29, 0.717) is 17.0 Å². The van der Waals surface area contributed by atoms with E-state index in [9.17, 15) is 9.18 Å². The van der Waals surface area contributed by atoms with Crippen molar-refractivity contribution in [3.8, 4) is 10.8 Å². The first-order valence-electron chi connectivity index (χ1n) is 8.71. The lowest BCUT2D eigenvalue weighted by Gasteiger charge is -2.16. The highest BCUT2D eigenvalue weighted by Gasteiger charge is 2.21. The second-order valence-corrected chi connectivity index (χ2v) is 8.66. The SMILES string of the molecule is C[C@H]1CCc2sc(-c3nnc(SCC(=O)Nc4ccccc4F)o3)cc2C1. The summed E-state index contributed by atoms with van der Waals surface area (Å²) in [4.78, 5) is 14.4. The van der Waals surface area contributed by atoms with Gasteiger partial charge in [-0.1, -0.05) is 30.8 Å². The van der Waals surface area contributed by atoms with Crippen LogP contribution in [-0.2, 0) is 17.6 Å². The van der Waals surface area contributed by atoms with Gasteiger partial charge in [0.1, 0.15) is 5.82 Å². The molecule has 1 atom stereocenters. The molecule has 0 saturated carbocycles. The van der Waals surface area contributed by atoms with Crippen molar-refractivity contribution in [2.24, 2.45) is 5.92 Å². The molecule has 4 rings (SSSR count). The van der Waals surface area contributed by atoms with Gasteiger partial charge in [-0.15, -0.1) is 21.5 Å². The van der Waals surface area contributed by atoms with Crippen LogP contribution in [0.25, 0.3) is 10.8 Å². The number of aryl methyl sites for hydroxylation is 1. The van der Waals surface area contributed by atoms with Gasteiger partial charge in [-0.25, -0.2) is 4.39 Å². The lowest BCUT2D eigenvalue weighted by Crippen LogP contribution is -2.14. The van der Waals surface area contributed by atoms with Crippen molar-refractivity contribution >= 4 is 34.7 Å². The molecular weight excluding hydrogens is 385 g/mol. The number of anilines is 1. The summed E-state index contributed by atoms with van der Waals surface area (Å²) < 4.78 is 19.3. The fourth-order valence-electron chi connectivity index (χ4n) is 3.06. The van der Waals surface area contributed by atoms with E-state index >= 15 is 0 Å². The fourth-order valence-corrected chi connectivity index (χ4v) is 4.75. The first-order chi connectivity index (χ1) is 13.1. The molecule has 3 aromatic rings. The summed E-state index contributed by atoms with van der Waals surface area (Å²) in [6, 6.07) is 8.19. The van der Waals surface area contributed by atoms with Crippen LogP contribution in [0.3, 0.4) is 0 Å². The van der Waals surface area contributed by atoms with Crippen molar-refractivity contribution in [3.05, 3.63) is 46.6 Å². The predicted octanol–water partition coefficient (Wildman–Crippen LogP) is 4.79. The number of halogens is 1. The number of para-hydroxylation sites is 1. The molecule has 1 N–H and O–H groups in total. The van der Waals surface area contributed by atoms with Gasteiger partial charge in [0.05, 0.1) is 16.3 Å². The Labute approximate surface area is 164 Å². The maximum Gasteiger partial charge on any atom is 0.277 e. The van der Waals surface area contributed by atoms with Crippen molar-refractivity contribution in [1.82, 2.24) is 10.2 Å². The highest BCUT2D eigenvalue weighted by molar-refractivity contribution is 7.99. The zero-order valence-electron chi connectivity index (χ0n) is 14.7. The molecule has 1 aromatic carbocycles. The van der Waals surface area contributed by atoms with E-state index in [0.717, 1.165) is 29.5 Å². The third-order valence-electron chi connectivity index (χ3n) is 4.42. The predicted molar refractivity (Wildman–Crippen MR) is 105 cm³/mol. The number of rotatable bonds is 5. The van der Waals surface area contributed by atoms with Crippen LogP contribution < -0.4 is 5.32 Å².